The summed E-state index contributed by atoms with van der Waals surface area (Å²) in [5, 5.41) is 4.62. The predicted octanol–water partition coefficient (Wildman–Crippen LogP) is 3.99. The number of carbonyl (C=O) groups is 1. The van der Waals surface area contributed by atoms with Gasteiger partial charge in [-0.25, -0.2) is 0 Å². The quantitative estimate of drug-likeness (QED) is 0.820. The van der Waals surface area contributed by atoms with Gasteiger partial charge >= 0.3 is 0 Å². The fraction of sp³-hybridized carbons (Fsp3) is 0.533. The molecule has 1 fully saturated rings. The van der Waals surface area contributed by atoms with Crippen molar-refractivity contribution in [1.82, 2.24) is 5.32 Å². The molecule has 1 amide bonds. The Morgan fingerprint density at radius 1 is 1.37 bits per heavy atom. The van der Waals surface area contributed by atoms with Gasteiger partial charge in [0.25, 0.3) is 5.91 Å². The lowest BCUT2D eigenvalue weighted by atomic mass is 10.1. The van der Waals surface area contributed by atoms with E-state index in [9.17, 15) is 4.79 Å². The molecule has 0 bridgehead atoms. The number of benzene rings is 1. The number of hydrogen-bond donors (Lipinski definition) is 1. The lowest BCUT2D eigenvalue weighted by molar-refractivity contribution is 0.0938. The fourth-order valence-corrected chi connectivity index (χ4v) is 4.07. The van der Waals surface area contributed by atoms with E-state index in [1.54, 1.807) is 0 Å². The van der Waals surface area contributed by atoms with Crippen LogP contribution in [0.25, 0.3) is 0 Å². The Kier molecular flexibility index (Phi) is 5.76. The molecule has 0 aromatic heterocycles. The van der Waals surface area contributed by atoms with Gasteiger partial charge in [0, 0.05) is 22.2 Å². The van der Waals surface area contributed by atoms with Crippen LogP contribution in [0.15, 0.2) is 24.3 Å². The molecule has 2 atom stereocenters. The summed E-state index contributed by atoms with van der Waals surface area (Å²) in [6, 6.07) is 8.15. The summed E-state index contributed by atoms with van der Waals surface area (Å²) in [5.74, 6) is 1.19. The summed E-state index contributed by atoms with van der Waals surface area (Å²) in [7, 11) is 0. The van der Waals surface area contributed by atoms with Crippen LogP contribution < -0.4 is 5.32 Å². The molecule has 0 radical (unpaired) electrons. The van der Waals surface area contributed by atoms with Crippen LogP contribution in [0.2, 0.25) is 0 Å². The van der Waals surface area contributed by atoms with Crippen LogP contribution >= 0.6 is 27.7 Å². The maximum atomic E-state index is 12.2. The van der Waals surface area contributed by atoms with Crippen molar-refractivity contribution >= 4 is 33.6 Å². The van der Waals surface area contributed by atoms with E-state index in [-0.39, 0.29) is 5.91 Å². The number of amides is 1. The molecule has 2 rings (SSSR count). The highest BCUT2D eigenvalue weighted by Gasteiger charge is 2.28. The number of nitrogens with one attached hydrogen (secondary N) is 1. The first kappa shape index (κ1) is 14.9. The van der Waals surface area contributed by atoms with Crippen molar-refractivity contribution in [2.24, 2.45) is 0 Å². The first-order valence-electron chi connectivity index (χ1n) is 6.82. The molecule has 1 aliphatic rings. The summed E-state index contributed by atoms with van der Waals surface area (Å²) < 4.78 is 0. The highest BCUT2D eigenvalue weighted by Crippen LogP contribution is 2.30. The molecule has 2 nitrogen and oxygen atoms in total. The van der Waals surface area contributed by atoms with Crippen LogP contribution in [0.3, 0.4) is 0 Å². The zero-order valence-corrected chi connectivity index (χ0v) is 13.6. The van der Waals surface area contributed by atoms with E-state index in [4.69, 9.17) is 0 Å². The van der Waals surface area contributed by atoms with Gasteiger partial charge in [0.15, 0.2) is 0 Å². The van der Waals surface area contributed by atoms with Crippen LogP contribution in [-0.2, 0) is 5.33 Å². The van der Waals surface area contributed by atoms with Gasteiger partial charge in [-0.05, 0) is 36.3 Å². The van der Waals surface area contributed by atoms with Crippen molar-refractivity contribution in [3.05, 3.63) is 35.4 Å². The summed E-state index contributed by atoms with van der Waals surface area (Å²) in [5.41, 5.74) is 1.95. The molecule has 2 unspecified atom stereocenters. The molecule has 4 heteroatoms. The molecule has 0 heterocycles. The van der Waals surface area contributed by atoms with Gasteiger partial charge in [-0.2, -0.15) is 11.8 Å². The third-order valence-corrected chi connectivity index (χ3v) is 5.49. The fourth-order valence-electron chi connectivity index (χ4n) is 2.50. The Morgan fingerprint density at radius 3 is 2.74 bits per heavy atom. The zero-order valence-electron chi connectivity index (χ0n) is 11.2. The average molecular weight is 342 g/mol. The van der Waals surface area contributed by atoms with Gasteiger partial charge in [0.2, 0.25) is 0 Å². The summed E-state index contributed by atoms with van der Waals surface area (Å²) in [6.45, 7) is 2.18. The van der Waals surface area contributed by atoms with E-state index in [2.05, 4.69) is 28.2 Å². The maximum absolute atomic E-state index is 12.2. The van der Waals surface area contributed by atoms with E-state index >= 15 is 0 Å². The molecule has 1 N–H and O–H groups in total. The topological polar surface area (TPSA) is 29.1 Å². The van der Waals surface area contributed by atoms with Crippen molar-refractivity contribution < 1.29 is 4.79 Å². The van der Waals surface area contributed by atoms with E-state index in [1.165, 1.54) is 18.4 Å². The minimum Gasteiger partial charge on any atom is -0.348 e. The lowest BCUT2D eigenvalue weighted by Crippen LogP contribution is -2.38. The van der Waals surface area contributed by atoms with E-state index in [0.717, 1.165) is 23.1 Å². The highest BCUT2D eigenvalue weighted by atomic mass is 79.9. The van der Waals surface area contributed by atoms with Gasteiger partial charge in [0.05, 0.1) is 0 Å². The number of carbonyl (C=O) groups excluding carboxylic acids is 1. The average Bonchev–Trinajstić information content (AvgIpc) is 2.86. The minimum absolute atomic E-state index is 0.0646. The molecule has 1 aromatic carbocycles. The molecular formula is C15H20BrNOS. The second-order valence-electron chi connectivity index (χ2n) is 4.84. The third-order valence-electron chi connectivity index (χ3n) is 3.52. The Bertz CT molecular complexity index is 421. The molecule has 1 aliphatic carbocycles. The molecular weight excluding hydrogens is 322 g/mol. The second kappa shape index (κ2) is 7.34. The molecule has 1 aromatic rings. The lowest BCUT2D eigenvalue weighted by Gasteiger charge is -2.20. The number of alkyl halides is 1. The van der Waals surface area contributed by atoms with Gasteiger partial charge < -0.3 is 5.32 Å². The van der Waals surface area contributed by atoms with Crippen LogP contribution in [0.1, 0.15) is 42.1 Å². The summed E-state index contributed by atoms with van der Waals surface area (Å²) in [4.78, 5) is 12.2. The molecule has 19 heavy (non-hydrogen) atoms. The zero-order chi connectivity index (χ0) is 13.7. The SMILES string of the molecule is CCSC1CCCC1NC(=O)c1ccc(CBr)cc1. The summed E-state index contributed by atoms with van der Waals surface area (Å²) >= 11 is 5.38. The highest BCUT2D eigenvalue weighted by molar-refractivity contribution is 9.08. The Balaban J connectivity index is 1.95. The number of hydrogen-bond acceptors (Lipinski definition) is 2. The smallest absolute Gasteiger partial charge is 0.251 e. The summed E-state index contributed by atoms with van der Waals surface area (Å²) in [6.07, 6.45) is 3.57. The van der Waals surface area contributed by atoms with Gasteiger partial charge in [-0.3, -0.25) is 4.79 Å². The first-order chi connectivity index (χ1) is 9.24. The van der Waals surface area contributed by atoms with Crippen LogP contribution in [0.4, 0.5) is 0 Å². The van der Waals surface area contributed by atoms with Crippen molar-refractivity contribution in [3.8, 4) is 0 Å². The monoisotopic (exact) mass is 341 g/mol. The number of thioether (sulfide) groups is 1. The normalized spacial score (nSPS) is 22.4. The van der Waals surface area contributed by atoms with Crippen molar-refractivity contribution in [2.75, 3.05) is 5.75 Å². The molecule has 104 valence electrons. The number of halogens is 1. The molecule has 0 aliphatic heterocycles. The van der Waals surface area contributed by atoms with Crippen LogP contribution in [-0.4, -0.2) is 23.0 Å². The van der Waals surface area contributed by atoms with Crippen molar-refractivity contribution in [3.63, 3.8) is 0 Å². The van der Waals surface area contributed by atoms with Gasteiger partial charge in [-0.1, -0.05) is 41.4 Å². The minimum atomic E-state index is 0.0646. The van der Waals surface area contributed by atoms with E-state index in [1.807, 2.05) is 36.0 Å². The molecule has 0 saturated heterocycles. The Hall–Kier alpha value is -0.480. The van der Waals surface area contributed by atoms with Gasteiger partial charge in [-0.15, -0.1) is 0 Å². The van der Waals surface area contributed by atoms with E-state index in [0.29, 0.717) is 11.3 Å². The van der Waals surface area contributed by atoms with Crippen molar-refractivity contribution in [2.45, 2.75) is 42.8 Å². The number of rotatable bonds is 5. The standard InChI is InChI=1S/C15H20BrNOS/c1-2-19-14-5-3-4-13(14)17-15(18)12-8-6-11(10-16)7-9-12/h6-9,13-14H,2-5,10H2,1H3,(H,17,18). The van der Waals surface area contributed by atoms with E-state index < -0.39 is 0 Å². The van der Waals surface area contributed by atoms with Crippen molar-refractivity contribution in [1.29, 1.82) is 0 Å². The Labute approximate surface area is 127 Å². The largest absolute Gasteiger partial charge is 0.348 e. The molecule has 0 spiro atoms. The molecule has 1 saturated carbocycles. The Morgan fingerprint density at radius 2 is 2.11 bits per heavy atom. The van der Waals surface area contributed by atoms with Gasteiger partial charge in [0.1, 0.15) is 0 Å². The predicted molar refractivity (Wildman–Crippen MR) is 86.1 cm³/mol. The van der Waals surface area contributed by atoms with Crippen LogP contribution in [0, 0.1) is 0 Å². The van der Waals surface area contributed by atoms with Crippen LogP contribution in [0.5, 0.6) is 0 Å². The maximum Gasteiger partial charge on any atom is 0.251 e. The third kappa shape index (κ3) is 3.99. The first-order valence-corrected chi connectivity index (χ1v) is 8.99. The second-order valence-corrected chi connectivity index (χ2v) is 6.91.